The van der Waals surface area contributed by atoms with Crippen molar-refractivity contribution in [1.29, 1.82) is 5.26 Å². The number of hydrogen-bond acceptors (Lipinski definition) is 4. The summed E-state index contributed by atoms with van der Waals surface area (Å²) >= 11 is 0. The summed E-state index contributed by atoms with van der Waals surface area (Å²) in [6.45, 7) is 2.34. The fraction of sp³-hybridized carbons (Fsp3) is 0.588. The maximum Gasteiger partial charge on any atom is 0.119 e. The Bertz CT molecular complexity index is 494. The van der Waals surface area contributed by atoms with Crippen molar-refractivity contribution in [1.82, 2.24) is 0 Å². The van der Waals surface area contributed by atoms with Crippen LogP contribution >= 0.6 is 0 Å². The Hall–Kier alpha value is -1.57. The van der Waals surface area contributed by atoms with Gasteiger partial charge in [0.1, 0.15) is 11.9 Å². The first-order chi connectivity index (χ1) is 10.3. The molecule has 0 radical (unpaired) electrons. The lowest BCUT2D eigenvalue weighted by atomic mass is 9.85. The smallest absolute Gasteiger partial charge is 0.119 e. The lowest BCUT2D eigenvalue weighted by Gasteiger charge is -2.43. The summed E-state index contributed by atoms with van der Waals surface area (Å²) in [5, 5.41) is 8.69. The van der Waals surface area contributed by atoms with Crippen LogP contribution in [0.4, 0.5) is 0 Å². The third-order valence-corrected chi connectivity index (χ3v) is 4.36. The monoisotopic (exact) mass is 287 g/mol. The average molecular weight is 287 g/mol. The molecule has 1 atom stereocenters. The van der Waals surface area contributed by atoms with Crippen LogP contribution in [0.25, 0.3) is 0 Å². The van der Waals surface area contributed by atoms with Crippen LogP contribution in [0.2, 0.25) is 0 Å². The summed E-state index contributed by atoms with van der Waals surface area (Å²) in [6.07, 6.45) is 4.46. The largest absolute Gasteiger partial charge is 0.490 e. The second kappa shape index (κ2) is 6.46. The first-order valence-electron chi connectivity index (χ1n) is 7.64. The Labute approximate surface area is 125 Å². The van der Waals surface area contributed by atoms with Gasteiger partial charge in [-0.05, 0) is 30.5 Å². The fourth-order valence-electron chi connectivity index (χ4n) is 3.14. The second-order valence-electron chi connectivity index (χ2n) is 5.86. The molecule has 2 saturated heterocycles. The van der Waals surface area contributed by atoms with Crippen molar-refractivity contribution in [3.8, 4) is 11.8 Å². The van der Waals surface area contributed by atoms with Gasteiger partial charge in [-0.1, -0.05) is 12.1 Å². The third kappa shape index (κ3) is 3.55. The van der Waals surface area contributed by atoms with Crippen molar-refractivity contribution in [2.45, 2.75) is 43.8 Å². The molecule has 0 bridgehead atoms. The van der Waals surface area contributed by atoms with Crippen LogP contribution in [0, 0.1) is 11.3 Å². The molecule has 112 valence electrons. The highest BCUT2D eigenvalue weighted by Crippen LogP contribution is 2.35. The van der Waals surface area contributed by atoms with Gasteiger partial charge in [0.15, 0.2) is 0 Å². The van der Waals surface area contributed by atoms with Gasteiger partial charge in [-0.2, -0.15) is 5.26 Å². The highest BCUT2D eigenvalue weighted by molar-refractivity contribution is 5.29. The van der Waals surface area contributed by atoms with Crippen molar-refractivity contribution in [3.63, 3.8) is 0 Å². The molecule has 21 heavy (non-hydrogen) atoms. The second-order valence-corrected chi connectivity index (χ2v) is 5.86. The van der Waals surface area contributed by atoms with Crippen molar-refractivity contribution in [2.24, 2.45) is 0 Å². The standard InChI is InChI=1S/C17H21NO3/c18-9-5-14-1-3-15(4-2-14)21-16-6-10-20-17(13-16)7-11-19-12-8-17/h1-4,16H,5-8,10-13H2. The zero-order valence-electron chi connectivity index (χ0n) is 12.2. The highest BCUT2D eigenvalue weighted by atomic mass is 16.5. The Kier molecular flexibility index (Phi) is 4.42. The maximum atomic E-state index is 8.69. The van der Waals surface area contributed by atoms with E-state index in [2.05, 4.69) is 6.07 Å². The van der Waals surface area contributed by atoms with E-state index in [1.54, 1.807) is 0 Å². The maximum absolute atomic E-state index is 8.69. The Morgan fingerprint density at radius 1 is 1.19 bits per heavy atom. The SMILES string of the molecule is N#CCc1ccc(OC2CCOC3(CCOCC3)C2)cc1. The molecule has 1 spiro atoms. The minimum Gasteiger partial charge on any atom is -0.490 e. The van der Waals surface area contributed by atoms with E-state index in [9.17, 15) is 0 Å². The average Bonchev–Trinajstić information content (AvgIpc) is 2.50. The number of nitriles is 1. The molecule has 0 aliphatic carbocycles. The van der Waals surface area contributed by atoms with Gasteiger partial charge in [0, 0.05) is 26.1 Å². The molecule has 1 aromatic rings. The molecule has 0 amide bonds. The summed E-state index contributed by atoms with van der Waals surface area (Å²) < 4.78 is 17.6. The number of rotatable bonds is 3. The van der Waals surface area contributed by atoms with Gasteiger partial charge < -0.3 is 14.2 Å². The lowest BCUT2D eigenvalue weighted by molar-refractivity contribution is -0.155. The number of nitrogens with zero attached hydrogens (tertiary/aromatic N) is 1. The number of hydrogen-bond donors (Lipinski definition) is 0. The molecule has 4 nitrogen and oxygen atoms in total. The number of benzene rings is 1. The Balaban J connectivity index is 1.60. The van der Waals surface area contributed by atoms with Crippen LogP contribution in [0.5, 0.6) is 5.75 Å². The summed E-state index contributed by atoms with van der Waals surface area (Å²) in [6, 6.07) is 9.99. The van der Waals surface area contributed by atoms with Gasteiger partial charge in [0.05, 0.1) is 24.7 Å². The van der Waals surface area contributed by atoms with E-state index in [1.165, 1.54) is 0 Å². The quantitative estimate of drug-likeness (QED) is 0.857. The van der Waals surface area contributed by atoms with Crippen LogP contribution in [0.15, 0.2) is 24.3 Å². The molecule has 4 heteroatoms. The summed E-state index contributed by atoms with van der Waals surface area (Å²) in [5.74, 6) is 0.880. The predicted molar refractivity (Wildman–Crippen MR) is 78.1 cm³/mol. The predicted octanol–water partition coefficient (Wildman–Crippen LogP) is 2.86. The molecular weight excluding hydrogens is 266 g/mol. The van der Waals surface area contributed by atoms with Crippen LogP contribution in [-0.4, -0.2) is 31.5 Å². The summed E-state index contributed by atoms with van der Waals surface area (Å²) in [4.78, 5) is 0. The minimum atomic E-state index is -0.0398. The highest BCUT2D eigenvalue weighted by Gasteiger charge is 2.39. The molecule has 0 aromatic heterocycles. The fourth-order valence-corrected chi connectivity index (χ4v) is 3.14. The molecule has 1 aromatic carbocycles. The molecule has 1 unspecified atom stereocenters. The molecule has 2 aliphatic rings. The van der Waals surface area contributed by atoms with E-state index in [1.807, 2.05) is 24.3 Å². The Morgan fingerprint density at radius 2 is 1.95 bits per heavy atom. The summed E-state index contributed by atoms with van der Waals surface area (Å²) in [5.41, 5.74) is 0.986. The lowest BCUT2D eigenvalue weighted by Crippen LogP contribution is -2.47. The molecule has 2 aliphatic heterocycles. The topological polar surface area (TPSA) is 51.5 Å². The number of ether oxygens (including phenoxy) is 3. The molecule has 2 fully saturated rings. The van der Waals surface area contributed by atoms with Crippen LogP contribution in [0.1, 0.15) is 31.2 Å². The van der Waals surface area contributed by atoms with Gasteiger partial charge in [-0.15, -0.1) is 0 Å². The van der Waals surface area contributed by atoms with Gasteiger partial charge in [-0.25, -0.2) is 0 Å². The van der Waals surface area contributed by atoms with Crippen molar-refractivity contribution >= 4 is 0 Å². The summed E-state index contributed by atoms with van der Waals surface area (Å²) in [7, 11) is 0. The van der Waals surface area contributed by atoms with E-state index in [0.29, 0.717) is 6.42 Å². The van der Waals surface area contributed by atoms with E-state index < -0.39 is 0 Å². The van der Waals surface area contributed by atoms with E-state index in [4.69, 9.17) is 19.5 Å². The first kappa shape index (κ1) is 14.4. The molecule has 0 saturated carbocycles. The van der Waals surface area contributed by atoms with Gasteiger partial charge in [-0.3, -0.25) is 0 Å². The normalized spacial score (nSPS) is 24.4. The molecule has 2 heterocycles. The zero-order valence-corrected chi connectivity index (χ0v) is 12.2. The third-order valence-electron chi connectivity index (χ3n) is 4.36. The van der Waals surface area contributed by atoms with E-state index in [-0.39, 0.29) is 11.7 Å². The van der Waals surface area contributed by atoms with E-state index >= 15 is 0 Å². The van der Waals surface area contributed by atoms with Crippen LogP contribution in [-0.2, 0) is 15.9 Å². The molecular formula is C17H21NO3. The minimum absolute atomic E-state index is 0.0398. The van der Waals surface area contributed by atoms with Gasteiger partial charge in [0.25, 0.3) is 0 Å². The molecule has 0 N–H and O–H groups in total. The van der Waals surface area contributed by atoms with Gasteiger partial charge >= 0.3 is 0 Å². The Morgan fingerprint density at radius 3 is 2.67 bits per heavy atom. The van der Waals surface area contributed by atoms with Gasteiger partial charge in [0.2, 0.25) is 0 Å². The van der Waals surface area contributed by atoms with Crippen molar-refractivity contribution < 1.29 is 14.2 Å². The zero-order chi connectivity index (χ0) is 14.5. The molecule has 3 rings (SSSR count). The van der Waals surface area contributed by atoms with Crippen LogP contribution < -0.4 is 4.74 Å². The first-order valence-corrected chi connectivity index (χ1v) is 7.64. The van der Waals surface area contributed by atoms with Crippen molar-refractivity contribution in [2.75, 3.05) is 19.8 Å². The van der Waals surface area contributed by atoms with Crippen molar-refractivity contribution in [3.05, 3.63) is 29.8 Å². The van der Waals surface area contributed by atoms with E-state index in [0.717, 1.165) is 56.8 Å². The van der Waals surface area contributed by atoms with Crippen LogP contribution in [0.3, 0.4) is 0 Å².